The van der Waals surface area contributed by atoms with Gasteiger partial charge in [-0.2, -0.15) is 0 Å². The Kier molecular flexibility index (Phi) is 6.05. The van der Waals surface area contributed by atoms with Crippen molar-refractivity contribution in [3.63, 3.8) is 0 Å². The van der Waals surface area contributed by atoms with Crippen LogP contribution in [0.5, 0.6) is 0 Å². The summed E-state index contributed by atoms with van der Waals surface area (Å²) in [6.07, 6.45) is 0. The minimum Gasteiger partial charge on any atom is -0.343 e. The Bertz CT molecular complexity index is 996. The van der Waals surface area contributed by atoms with Gasteiger partial charge >= 0.3 is 11.8 Å². The average Bonchev–Trinajstić information content (AvgIpc) is 3.34. The van der Waals surface area contributed by atoms with E-state index >= 15 is 0 Å². The van der Waals surface area contributed by atoms with E-state index < -0.39 is 11.8 Å². The van der Waals surface area contributed by atoms with Crippen molar-refractivity contribution in [2.75, 3.05) is 5.32 Å². The van der Waals surface area contributed by atoms with Crippen molar-refractivity contribution in [2.24, 2.45) is 0 Å². The van der Waals surface area contributed by atoms with Gasteiger partial charge < -0.3 is 10.6 Å². The predicted octanol–water partition coefficient (Wildman–Crippen LogP) is 4.26. The van der Waals surface area contributed by atoms with Gasteiger partial charge in [0.15, 0.2) is 0 Å². The summed E-state index contributed by atoms with van der Waals surface area (Å²) in [5.74, 6) is -1.57. The molecule has 3 aromatic rings. The summed E-state index contributed by atoms with van der Waals surface area (Å²) in [6.45, 7) is 2.02. The highest BCUT2D eigenvalue weighted by atomic mass is 35.5. The third-order valence-electron chi connectivity index (χ3n) is 3.69. The number of carbonyl (C=O) groups is 3. The van der Waals surface area contributed by atoms with Crippen LogP contribution in [0, 0.1) is 6.92 Å². The fraction of sp³-hybridized carbons (Fsp3) is 0.105. The van der Waals surface area contributed by atoms with Gasteiger partial charge in [0.05, 0.1) is 16.3 Å². The van der Waals surface area contributed by atoms with E-state index in [1.165, 1.54) is 22.7 Å². The highest BCUT2D eigenvalue weighted by Crippen LogP contribution is 2.22. The Hall–Kier alpha value is -2.48. The quantitative estimate of drug-likeness (QED) is 0.480. The van der Waals surface area contributed by atoms with Crippen molar-refractivity contribution < 1.29 is 14.4 Å². The van der Waals surface area contributed by atoms with Gasteiger partial charge in [-0.05, 0) is 48.2 Å². The average molecular weight is 419 g/mol. The van der Waals surface area contributed by atoms with Gasteiger partial charge in [0.25, 0.3) is 0 Å². The molecule has 0 spiro atoms. The zero-order valence-corrected chi connectivity index (χ0v) is 16.6. The lowest BCUT2D eigenvalue weighted by molar-refractivity contribution is -0.136. The van der Waals surface area contributed by atoms with Crippen LogP contribution in [0.2, 0.25) is 5.02 Å². The first-order valence-electron chi connectivity index (χ1n) is 7.96. The van der Waals surface area contributed by atoms with Crippen molar-refractivity contribution in [3.05, 3.63) is 73.1 Å². The largest absolute Gasteiger partial charge is 0.343 e. The number of hydrogen-bond acceptors (Lipinski definition) is 5. The van der Waals surface area contributed by atoms with E-state index in [1.54, 1.807) is 36.4 Å². The van der Waals surface area contributed by atoms with E-state index in [-0.39, 0.29) is 12.3 Å². The normalized spacial score (nSPS) is 10.4. The summed E-state index contributed by atoms with van der Waals surface area (Å²) in [5, 5.41) is 7.41. The third-order valence-corrected chi connectivity index (χ3v) is 6.05. The van der Waals surface area contributed by atoms with Crippen molar-refractivity contribution in [3.8, 4) is 0 Å². The molecule has 27 heavy (non-hydrogen) atoms. The molecule has 1 aromatic carbocycles. The zero-order valence-electron chi connectivity index (χ0n) is 14.2. The fourth-order valence-electron chi connectivity index (χ4n) is 2.23. The van der Waals surface area contributed by atoms with Crippen LogP contribution in [-0.4, -0.2) is 17.6 Å². The number of benzene rings is 1. The van der Waals surface area contributed by atoms with E-state index in [9.17, 15) is 14.4 Å². The number of thiophene rings is 2. The molecule has 2 heterocycles. The lowest BCUT2D eigenvalue weighted by Crippen LogP contribution is -2.34. The molecule has 0 aliphatic carbocycles. The Morgan fingerprint density at radius 3 is 2.56 bits per heavy atom. The maximum Gasteiger partial charge on any atom is 0.313 e. The Balaban J connectivity index is 1.55. The van der Waals surface area contributed by atoms with Crippen LogP contribution in [0.4, 0.5) is 5.69 Å². The van der Waals surface area contributed by atoms with E-state index in [2.05, 4.69) is 10.6 Å². The second-order valence-corrected chi connectivity index (χ2v) is 8.20. The molecule has 0 atom stereocenters. The van der Waals surface area contributed by atoms with E-state index in [4.69, 9.17) is 11.6 Å². The molecule has 0 aliphatic rings. The topological polar surface area (TPSA) is 75.3 Å². The first-order valence-corrected chi connectivity index (χ1v) is 10.0. The molecule has 2 aromatic heterocycles. The van der Waals surface area contributed by atoms with Gasteiger partial charge in [-0.25, -0.2) is 0 Å². The number of nitrogens with one attached hydrogen (secondary N) is 2. The lowest BCUT2D eigenvalue weighted by atomic mass is 10.2. The molecule has 5 nitrogen and oxygen atoms in total. The van der Waals surface area contributed by atoms with Crippen molar-refractivity contribution >= 4 is 57.6 Å². The van der Waals surface area contributed by atoms with Crippen molar-refractivity contribution in [1.29, 1.82) is 0 Å². The van der Waals surface area contributed by atoms with Crippen molar-refractivity contribution in [1.82, 2.24) is 5.32 Å². The maximum atomic E-state index is 12.3. The molecule has 3 rings (SSSR count). The van der Waals surface area contributed by atoms with Crippen molar-refractivity contribution in [2.45, 2.75) is 13.5 Å². The number of halogens is 1. The number of ketones is 1. The first-order chi connectivity index (χ1) is 12.9. The smallest absolute Gasteiger partial charge is 0.313 e. The molecule has 0 saturated carbocycles. The van der Waals surface area contributed by atoms with E-state index in [0.29, 0.717) is 20.5 Å². The molecule has 0 aliphatic heterocycles. The van der Waals surface area contributed by atoms with Gasteiger partial charge in [0.1, 0.15) is 0 Å². The van der Waals surface area contributed by atoms with Crippen LogP contribution in [0.25, 0.3) is 0 Å². The molecule has 2 amide bonds. The number of aryl methyl sites for hydroxylation is 1. The Morgan fingerprint density at radius 2 is 1.85 bits per heavy atom. The number of anilines is 1. The van der Waals surface area contributed by atoms with E-state index in [0.717, 1.165) is 10.4 Å². The number of carbonyl (C=O) groups excluding carboxylic acids is 3. The van der Waals surface area contributed by atoms with E-state index in [1.807, 2.05) is 18.4 Å². The minimum absolute atomic E-state index is 0.0402. The molecular weight excluding hydrogens is 404 g/mol. The summed E-state index contributed by atoms with van der Waals surface area (Å²) >= 11 is 8.68. The summed E-state index contributed by atoms with van der Waals surface area (Å²) < 4.78 is 0. The molecule has 2 N–H and O–H groups in total. The molecule has 0 radical (unpaired) electrons. The van der Waals surface area contributed by atoms with Crippen LogP contribution < -0.4 is 10.6 Å². The molecule has 0 bridgehead atoms. The van der Waals surface area contributed by atoms with Gasteiger partial charge in [-0.1, -0.05) is 23.7 Å². The molecule has 0 unspecified atom stereocenters. The Morgan fingerprint density at radius 1 is 1.04 bits per heavy atom. The van der Waals surface area contributed by atoms with Gasteiger partial charge in [-0.3, -0.25) is 14.4 Å². The second-order valence-electron chi connectivity index (χ2n) is 5.67. The standard InChI is InChI=1S/C19H15ClN2O3S2/c1-11-4-5-12(9-14(11)20)22-19(25)18(24)21-10-13-6-7-16(27-13)17(23)15-3-2-8-26-15/h2-9H,10H2,1H3,(H,21,24)(H,22,25). The maximum absolute atomic E-state index is 12.3. The minimum atomic E-state index is -0.777. The van der Waals surface area contributed by atoms with Gasteiger partial charge in [0, 0.05) is 15.6 Å². The first kappa shape index (κ1) is 19.3. The van der Waals surface area contributed by atoms with Crippen LogP contribution in [0.15, 0.2) is 47.8 Å². The summed E-state index contributed by atoms with van der Waals surface area (Å²) in [7, 11) is 0. The third kappa shape index (κ3) is 4.82. The number of rotatable bonds is 5. The van der Waals surface area contributed by atoms with Crippen LogP contribution in [0.1, 0.15) is 25.0 Å². The Labute approximate surface area is 169 Å². The molecule has 0 saturated heterocycles. The monoisotopic (exact) mass is 418 g/mol. The summed E-state index contributed by atoms with van der Waals surface area (Å²) in [4.78, 5) is 38.3. The molecule has 0 fully saturated rings. The zero-order chi connectivity index (χ0) is 19.4. The molecule has 138 valence electrons. The van der Waals surface area contributed by atoms with Crippen LogP contribution >= 0.6 is 34.3 Å². The predicted molar refractivity (Wildman–Crippen MR) is 109 cm³/mol. The lowest BCUT2D eigenvalue weighted by Gasteiger charge is -2.07. The summed E-state index contributed by atoms with van der Waals surface area (Å²) in [6, 6.07) is 12.1. The number of hydrogen-bond donors (Lipinski definition) is 2. The van der Waals surface area contributed by atoms with Gasteiger partial charge in [-0.15, -0.1) is 22.7 Å². The number of amides is 2. The van der Waals surface area contributed by atoms with Crippen LogP contribution in [0.3, 0.4) is 0 Å². The highest BCUT2D eigenvalue weighted by molar-refractivity contribution is 7.16. The van der Waals surface area contributed by atoms with Gasteiger partial charge in [0.2, 0.25) is 5.78 Å². The second kappa shape index (κ2) is 8.47. The summed E-state index contributed by atoms with van der Waals surface area (Å²) in [5.41, 5.74) is 1.33. The SMILES string of the molecule is Cc1ccc(NC(=O)C(=O)NCc2ccc(C(=O)c3cccs3)s2)cc1Cl. The molecular formula is C19H15ClN2O3S2. The highest BCUT2D eigenvalue weighted by Gasteiger charge is 2.16. The van der Waals surface area contributed by atoms with Crippen LogP contribution in [-0.2, 0) is 16.1 Å². The fourth-order valence-corrected chi connectivity index (χ4v) is 4.05. The molecule has 8 heteroatoms.